The molecule has 1 aromatic rings. The van der Waals surface area contributed by atoms with E-state index in [-0.39, 0.29) is 13.2 Å². The van der Waals surface area contributed by atoms with Gasteiger partial charge in [0.25, 0.3) is 0 Å². The van der Waals surface area contributed by atoms with Gasteiger partial charge in [0.2, 0.25) is 0 Å². The number of hydrogen-bond donors (Lipinski definition) is 1. The maximum absolute atomic E-state index is 9.59. The van der Waals surface area contributed by atoms with Crippen LogP contribution in [0.25, 0.3) is 0 Å². The SMILES string of the molecule is CCCCCCCCCCCCCCCCCCOC[C@H](CO)OCc1cc(C#N)c(Cl)c(OC)c1. The third-order valence-electron chi connectivity index (χ3n) is 6.57. The first-order chi connectivity index (χ1) is 17.7. The molecule has 1 aromatic carbocycles. The van der Waals surface area contributed by atoms with E-state index in [0.717, 1.165) is 12.0 Å². The van der Waals surface area contributed by atoms with Crippen LogP contribution in [-0.4, -0.2) is 38.1 Å². The molecule has 0 bridgehead atoms. The summed E-state index contributed by atoms with van der Waals surface area (Å²) >= 11 is 6.11. The zero-order chi connectivity index (χ0) is 26.3. The Morgan fingerprint density at radius 2 is 1.39 bits per heavy atom. The van der Waals surface area contributed by atoms with Gasteiger partial charge in [0.15, 0.2) is 0 Å². The summed E-state index contributed by atoms with van der Waals surface area (Å²) in [4.78, 5) is 0. The number of unbranched alkanes of at least 4 members (excludes halogenated alkanes) is 15. The Balaban J connectivity index is 1.97. The molecule has 0 unspecified atom stereocenters. The summed E-state index contributed by atoms with van der Waals surface area (Å²) in [5, 5.41) is 19.1. The number of hydrogen-bond acceptors (Lipinski definition) is 5. The number of halogens is 1. The molecule has 0 radical (unpaired) electrons. The highest BCUT2D eigenvalue weighted by atomic mass is 35.5. The van der Waals surface area contributed by atoms with Crippen molar-refractivity contribution in [1.82, 2.24) is 0 Å². The molecule has 206 valence electrons. The summed E-state index contributed by atoms with van der Waals surface area (Å²) in [6.45, 7) is 3.44. The molecule has 1 N–H and O–H groups in total. The van der Waals surface area contributed by atoms with Gasteiger partial charge in [-0.1, -0.05) is 115 Å². The average Bonchev–Trinajstić information content (AvgIpc) is 2.90. The van der Waals surface area contributed by atoms with Gasteiger partial charge >= 0.3 is 0 Å². The van der Waals surface area contributed by atoms with E-state index in [1.807, 2.05) is 0 Å². The first-order valence-electron chi connectivity index (χ1n) is 14.2. The molecule has 0 amide bonds. The van der Waals surface area contributed by atoms with Crippen LogP contribution in [0.2, 0.25) is 5.02 Å². The highest BCUT2D eigenvalue weighted by Gasteiger charge is 2.12. The molecule has 0 aliphatic rings. The fourth-order valence-corrected chi connectivity index (χ4v) is 4.53. The number of ether oxygens (including phenoxy) is 3. The van der Waals surface area contributed by atoms with Gasteiger partial charge in [-0.3, -0.25) is 0 Å². The number of aliphatic hydroxyl groups excluding tert-OH is 1. The average molecular weight is 524 g/mol. The maximum atomic E-state index is 9.59. The minimum absolute atomic E-state index is 0.116. The van der Waals surface area contributed by atoms with Crippen LogP contribution in [0.3, 0.4) is 0 Å². The summed E-state index contributed by atoms with van der Waals surface area (Å²) in [6, 6.07) is 5.48. The first kappa shape index (κ1) is 32.7. The van der Waals surface area contributed by atoms with E-state index < -0.39 is 6.10 Å². The van der Waals surface area contributed by atoms with Gasteiger partial charge in [-0.15, -0.1) is 0 Å². The Hall–Kier alpha value is -1.32. The van der Waals surface area contributed by atoms with Crippen LogP contribution in [0.15, 0.2) is 12.1 Å². The van der Waals surface area contributed by atoms with Gasteiger partial charge in [0, 0.05) is 6.61 Å². The number of benzene rings is 1. The lowest BCUT2D eigenvalue weighted by Gasteiger charge is -2.16. The van der Waals surface area contributed by atoms with Crippen molar-refractivity contribution in [2.24, 2.45) is 0 Å². The first-order valence-corrected chi connectivity index (χ1v) is 14.6. The molecule has 5 nitrogen and oxygen atoms in total. The molecule has 0 fully saturated rings. The number of aliphatic hydroxyl groups is 1. The molecular weight excluding hydrogens is 474 g/mol. The summed E-state index contributed by atoms with van der Waals surface area (Å²) in [7, 11) is 1.51. The molecule has 0 spiro atoms. The van der Waals surface area contributed by atoms with E-state index in [1.165, 1.54) is 103 Å². The van der Waals surface area contributed by atoms with E-state index in [0.29, 0.717) is 29.5 Å². The van der Waals surface area contributed by atoms with Crippen molar-refractivity contribution in [3.63, 3.8) is 0 Å². The van der Waals surface area contributed by atoms with Gasteiger partial charge in [0.05, 0.1) is 32.5 Å². The normalized spacial score (nSPS) is 12.0. The van der Waals surface area contributed by atoms with E-state index in [2.05, 4.69) is 13.0 Å². The highest BCUT2D eigenvalue weighted by Crippen LogP contribution is 2.29. The van der Waals surface area contributed by atoms with Crippen LogP contribution >= 0.6 is 11.6 Å². The molecular formula is C30H50ClNO4. The Morgan fingerprint density at radius 3 is 1.86 bits per heavy atom. The number of nitrogens with zero attached hydrogens (tertiary/aromatic N) is 1. The molecule has 0 aromatic heterocycles. The topological polar surface area (TPSA) is 71.7 Å². The van der Waals surface area contributed by atoms with Gasteiger partial charge in [-0.2, -0.15) is 5.26 Å². The van der Waals surface area contributed by atoms with Crippen molar-refractivity contribution >= 4 is 11.6 Å². The van der Waals surface area contributed by atoms with E-state index >= 15 is 0 Å². The van der Waals surface area contributed by atoms with Crippen molar-refractivity contribution in [3.8, 4) is 11.8 Å². The van der Waals surface area contributed by atoms with Gasteiger partial charge in [-0.25, -0.2) is 0 Å². The van der Waals surface area contributed by atoms with Crippen LogP contribution in [0.1, 0.15) is 121 Å². The zero-order valence-electron chi connectivity index (χ0n) is 22.9. The van der Waals surface area contributed by atoms with Crippen molar-refractivity contribution in [1.29, 1.82) is 5.26 Å². The molecule has 0 saturated carbocycles. The number of nitriles is 1. The quantitative estimate of drug-likeness (QED) is 0.138. The molecule has 1 rings (SSSR count). The van der Waals surface area contributed by atoms with Gasteiger partial charge < -0.3 is 19.3 Å². The van der Waals surface area contributed by atoms with Crippen molar-refractivity contribution < 1.29 is 19.3 Å². The second-order valence-corrected chi connectivity index (χ2v) is 10.1. The predicted octanol–water partition coefficient (Wildman–Crippen LogP) is 8.38. The monoisotopic (exact) mass is 523 g/mol. The van der Waals surface area contributed by atoms with Crippen LogP contribution in [0.5, 0.6) is 5.75 Å². The lowest BCUT2D eigenvalue weighted by atomic mass is 10.0. The predicted molar refractivity (Wildman–Crippen MR) is 149 cm³/mol. The van der Waals surface area contributed by atoms with Crippen molar-refractivity contribution in [2.45, 2.75) is 122 Å². The van der Waals surface area contributed by atoms with Crippen molar-refractivity contribution in [3.05, 3.63) is 28.3 Å². The Kier molecular flexibility index (Phi) is 20.8. The van der Waals surface area contributed by atoms with E-state index in [4.69, 9.17) is 25.8 Å². The minimum Gasteiger partial charge on any atom is -0.495 e. The second kappa shape index (κ2) is 22.8. The molecule has 0 saturated heterocycles. The molecule has 1 atom stereocenters. The van der Waals surface area contributed by atoms with Crippen LogP contribution in [-0.2, 0) is 16.1 Å². The highest BCUT2D eigenvalue weighted by molar-refractivity contribution is 6.33. The third kappa shape index (κ3) is 15.7. The lowest BCUT2D eigenvalue weighted by molar-refractivity contribution is -0.0502. The summed E-state index contributed by atoms with van der Waals surface area (Å²) in [5.74, 6) is 0.439. The zero-order valence-corrected chi connectivity index (χ0v) is 23.6. The van der Waals surface area contributed by atoms with Gasteiger partial charge in [0.1, 0.15) is 22.9 Å². The molecule has 0 heterocycles. The van der Waals surface area contributed by atoms with Crippen LogP contribution < -0.4 is 4.74 Å². The largest absolute Gasteiger partial charge is 0.495 e. The molecule has 36 heavy (non-hydrogen) atoms. The molecule has 0 aliphatic carbocycles. The lowest BCUT2D eigenvalue weighted by Crippen LogP contribution is -2.24. The fraction of sp³-hybridized carbons (Fsp3) is 0.767. The Labute approximate surface area is 225 Å². The fourth-order valence-electron chi connectivity index (χ4n) is 4.30. The van der Waals surface area contributed by atoms with Crippen molar-refractivity contribution in [2.75, 3.05) is 26.9 Å². The van der Waals surface area contributed by atoms with Crippen LogP contribution in [0, 0.1) is 11.3 Å². The number of methoxy groups -OCH3 is 1. The van der Waals surface area contributed by atoms with Crippen LogP contribution in [0.4, 0.5) is 0 Å². The van der Waals surface area contributed by atoms with E-state index in [1.54, 1.807) is 12.1 Å². The smallest absolute Gasteiger partial charge is 0.139 e. The summed E-state index contributed by atoms with van der Waals surface area (Å²) < 4.78 is 16.7. The van der Waals surface area contributed by atoms with Gasteiger partial charge in [-0.05, 0) is 24.1 Å². The molecule has 0 aliphatic heterocycles. The standard InChI is InChI=1S/C30H50ClNO4/c1-3-4-5-6-7-8-9-10-11-12-13-14-15-16-17-18-19-35-25-28(23-33)36-24-26-20-27(22-32)30(31)29(21-26)34-2/h20-21,28,33H,3-19,23-25H2,1-2H3/t28-/m0/s1. The van der Waals surface area contributed by atoms with E-state index in [9.17, 15) is 10.4 Å². The summed E-state index contributed by atoms with van der Waals surface area (Å²) in [5.41, 5.74) is 1.11. The Bertz CT molecular complexity index is 707. The minimum atomic E-state index is -0.404. The molecule has 6 heteroatoms. The number of rotatable bonds is 24. The summed E-state index contributed by atoms with van der Waals surface area (Å²) in [6.07, 6.45) is 21.2. The Morgan fingerprint density at radius 1 is 0.861 bits per heavy atom. The second-order valence-electron chi connectivity index (χ2n) is 9.77. The third-order valence-corrected chi connectivity index (χ3v) is 6.96. The maximum Gasteiger partial charge on any atom is 0.139 e.